The van der Waals surface area contributed by atoms with Gasteiger partial charge in [0, 0.05) is 11.3 Å². The van der Waals surface area contributed by atoms with Crippen molar-refractivity contribution in [2.24, 2.45) is 0 Å². The Morgan fingerprint density at radius 1 is 1.59 bits per heavy atom. The van der Waals surface area contributed by atoms with Gasteiger partial charge in [0.05, 0.1) is 13.0 Å². The second-order valence-corrected chi connectivity index (χ2v) is 4.20. The highest BCUT2D eigenvalue weighted by atomic mass is 79.9. The molecule has 1 heterocycles. The van der Waals surface area contributed by atoms with Crippen molar-refractivity contribution in [1.82, 2.24) is 4.98 Å². The van der Waals surface area contributed by atoms with Gasteiger partial charge in [-0.1, -0.05) is 0 Å². The third kappa shape index (κ3) is 3.73. The summed E-state index contributed by atoms with van der Waals surface area (Å²) in [5.74, 6) is -0.521. The van der Waals surface area contributed by atoms with Crippen molar-refractivity contribution in [2.45, 2.75) is 26.7 Å². The zero-order chi connectivity index (χ0) is 13.0. The predicted molar refractivity (Wildman–Crippen MR) is 62.0 cm³/mol. The number of aromatic nitrogens is 1. The minimum Gasteiger partial charge on any atom is -0.466 e. The molecule has 3 nitrogen and oxygen atoms in total. The van der Waals surface area contributed by atoms with Gasteiger partial charge in [-0.3, -0.25) is 4.79 Å². The summed E-state index contributed by atoms with van der Waals surface area (Å²) in [6, 6.07) is 1.42. The van der Waals surface area contributed by atoms with Crippen molar-refractivity contribution in [3.63, 3.8) is 0 Å². The Morgan fingerprint density at radius 3 is 2.76 bits per heavy atom. The second kappa shape index (κ2) is 6.05. The fraction of sp³-hybridized carbons (Fsp3) is 0.455. The van der Waals surface area contributed by atoms with Crippen molar-refractivity contribution in [3.05, 3.63) is 27.5 Å². The van der Waals surface area contributed by atoms with E-state index in [1.165, 1.54) is 13.0 Å². The smallest absolute Gasteiger partial charge is 0.310 e. The number of carbonyl (C=O) groups excluding carboxylic acids is 1. The molecular formula is C11H12BrF2NO2. The predicted octanol–water partition coefficient (Wildman–Crippen LogP) is 3.20. The molecule has 0 N–H and O–H groups in total. The number of aryl methyl sites for hydroxylation is 1. The number of hydrogen-bond acceptors (Lipinski definition) is 3. The van der Waals surface area contributed by atoms with Gasteiger partial charge < -0.3 is 4.74 Å². The molecule has 0 aromatic carbocycles. The first-order valence-electron chi connectivity index (χ1n) is 5.05. The zero-order valence-corrected chi connectivity index (χ0v) is 11.1. The Kier molecular flexibility index (Phi) is 4.99. The first-order valence-corrected chi connectivity index (χ1v) is 5.84. The Bertz CT molecular complexity index is 424. The SMILES string of the molecule is CCOC(=O)Cc1cc(Br)nc(C)c1C(F)F. The van der Waals surface area contributed by atoms with Gasteiger partial charge in [0.1, 0.15) is 4.60 Å². The van der Waals surface area contributed by atoms with Gasteiger partial charge >= 0.3 is 5.97 Å². The second-order valence-electron chi connectivity index (χ2n) is 3.39. The highest BCUT2D eigenvalue weighted by Gasteiger charge is 2.20. The van der Waals surface area contributed by atoms with Gasteiger partial charge in [0.2, 0.25) is 0 Å². The topological polar surface area (TPSA) is 39.2 Å². The minimum atomic E-state index is -2.65. The molecule has 1 aromatic heterocycles. The van der Waals surface area contributed by atoms with Crippen molar-refractivity contribution >= 4 is 21.9 Å². The molecule has 94 valence electrons. The summed E-state index contributed by atoms with van der Waals surface area (Å²) >= 11 is 3.12. The summed E-state index contributed by atoms with van der Waals surface area (Å²) < 4.78 is 30.9. The van der Waals surface area contributed by atoms with Crippen LogP contribution in [-0.4, -0.2) is 17.6 Å². The first kappa shape index (κ1) is 14.0. The van der Waals surface area contributed by atoms with Crippen LogP contribution in [0.25, 0.3) is 0 Å². The highest BCUT2D eigenvalue weighted by molar-refractivity contribution is 9.10. The Balaban J connectivity index is 3.08. The molecule has 0 aliphatic rings. The van der Waals surface area contributed by atoms with Crippen molar-refractivity contribution in [3.8, 4) is 0 Å². The Hall–Kier alpha value is -1.04. The van der Waals surface area contributed by atoms with Gasteiger partial charge in [-0.15, -0.1) is 0 Å². The molecule has 0 spiro atoms. The summed E-state index contributed by atoms with van der Waals surface area (Å²) in [6.45, 7) is 3.38. The van der Waals surface area contributed by atoms with Crippen LogP contribution in [0.5, 0.6) is 0 Å². The number of esters is 1. The lowest BCUT2D eigenvalue weighted by Crippen LogP contribution is -2.11. The van der Waals surface area contributed by atoms with Crippen LogP contribution in [0.4, 0.5) is 8.78 Å². The van der Waals surface area contributed by atoms with Gasteiger partial charge in [0.15, 0.2) is 0 Å². The molecule has 6 heteroatoms. The lowest BCUT2D eigenvalue weighted by molar-refractivity contribution is -0.142. The Labute approximate surface area is 106 Å². The average molecular weight is 308 g/mol. The first-order chi connectivity index (χ1) is 7.95. The summed E-state index contributed by atoms with van der Waals surface area (Å²) in [5.41, 5.74) is 0.271. The van der Waals surface area contributed by atoms with Gasteiger partial charge in [-0.05, 0) is 41.4 Å². The maximum Gasteiger partial charge on any atom is 0.310 e. The molecule has 0 fully saturated rings. The van der Waals surface area contributed by atoms with Crippen LogP contribution >= 0.6 is 15.9 Å². The number of halogens is 3. The van der Waals surface area contributed by atoms with Crippen molar-refractivity contribution in [2.75, 3.05) is 6.61 Å². The van der Waals surface area contributed by atoms with E-state index in [1.807, 2.05) is 0 Å². The molecule has 0 radical (unpaired) electrons. The zero-order valence-electron chi connectivity index (χ0n) is 9.47. The fourth-order valence-electron chi connectivity index (χ4n) is 1.52. The Morgan fingerprint density at radius 2 is 2.24 bits per heavy atom. The average Bonchev–Trinajstić information content (AvgIpc) is 2.15. The van der Waals surface area contributed by atoms with Crippen LogP contribution in [0.1, 0.15) is 30.2 Å². The third-order valence-electron chi connectivity index (χ3n) is 2.16. The number of ether oxygens (including phenoxy) is 1. The summed E-state index contributed by atoms with van der Waals surface area (Å²) in [4.78, 5) is 15.2. The molecule has 0 bridgehead atoms. The summed E-state index contributed by atoms with van der Waals surface area (Å²) in [6.07, 6.45) is -2.82. The van der Waals surface area contributed by atoms with E-state index in [0.29, 0.717) is 4.60 Å². The largest absolute Gasteiger partial charge is 0.466 e. The fourth-order valence-corrected chi connectivity index (χ4v) is 2.06. The summed E-state index contributed by atoms with van der Waals surface area (Å²) in [5, 5.41) is 0. The maximum absolute atomic E-state index is 12.8. The normalized spacial score (nSPS) is 10.7. The number of hydrogen-bond donors (Lipinski definition) is 0. The van der Waals surface area contributed by atoms with Crippen LogP contribution in [0.2, 0.25) is 0 Å². The summed E-state index contributed by atoms with van der Waals surface area (Å²) in [7, 11) is 0. The molecule has 17 heavy (non-hydrogen) atoms. The number of rotatable bonds is 4. The minimum absolute atomic E-state index is 0.171. The van der Waals surface area contributed by atoms with Crippen LogP contribution in [0, 0.1) is 6.92 Å². The van der Waals surface area contributed by atoms with E-state index >= 15 is 0 Å². The lowest BCUT2D eigenvalue weighted by atomic mass is 10.0. The van der Waals surface area contributed by atoms with E-state index in [9.17, 15) is 13.6 Å². The standard InChI is InChI=1S/C11H12BrF2NO2/c1-3-17-9(16)5-7-4-8(12)15-6(2)10(7)11(13)14/h4,11H,3,5H2,1-2H3. The van der Waals surface area contributed by atoms with E-state index in [-0.39, 0.29) is 29.8 Å². The molecule has 0 saturated heterocycles. The van der Waals surface area contributed by atoms with Crippen LogP contribution in [-0.2, 0) is 16.0 Å². The quantitative estimate of drug-likeness (QED) is 0.633. The van der Waals surface area contributed by atoms with Gasteiger partial charge in [-0.2, -0.15) is 0 Å². The monoisotopic (exact) mass is 307 g/mol. The van der Waals surface area contributed by atoms with Crippen LogP contribution in [0.3, 0.4) is 0 Å². The lowest BCUT2D eigenvalue weighted by Gasteiger charge is -2.11. The molecule has 0 amide bonds. The van der Waals surface area contributed by atoms with E-state index in [1.54, 1.807) is 6.92 Å². The molecule has 0 aliphatic heterocycles. The molecule has 0 unspecified atom stereocenters. The maximum atomic E-state index is 12.8. The molecule has 0 aliphatic carbocycles. The molecule has 1 aromatic rings. The van der Waals surface area contributed by atoms with E-state index in [0.717, 1.165) is 0 Å². The van der Waals surface area contributed by atoms with E-state index < -0.39 is 12.4 Å². The molecule has 0 saturated carbocycles. The molecular weight excluding hydrogens is 296 g/mol. The number of pyridine rings is 1. The highest BCUT2D eigenvalue weighted by Crippen LogP contribution is 2.28. The van der Waals surface area contributed by atoms with E-state index in [2.05, 4.69) is 20.9 Å². The van der Waals surface area contributed by atoms with Crippen LogP contribution in [0.15, 0.2) is 10.7 Å². The van der Waals surface area contributed by atoms with Crippen molar-refractivity contribution in [1.29, 1.82) is 0 Å². The van der Waals surface area contributed by atoms with E-state index in [4.69, 9.17) is 4.74 Å². The number of nitrogens with zero attached hydrogens (tertiary/aromatic N) is 1. The third-order valence-corrected chi connectivity index (χ3v) is 2.57. The molecule has 0 atom stereocenters. The number of carbonyl (C=O) groups is 1. The van der Waals surface area contributed by atoms with Gasteiger partial charge in [0.25, 0.3) is 6.43 Å². The molecule has 1 rings (SSSR count). The van der Waals surface area contributed by atoms with Gasteiger partial charge in [-0.25, -0.2) is 13.8 Å². The van der Waals surface area contributed by atoms with Crippen LogP contribution < -0.4 is 0 Å². The number of alkyl halides is 2. The van der Waals surface area contributed by atoms with Crippen molar-refractivity contribution < 1.29 is 18.3 Å².